The zero-order valence-electron chi connectivity index (χ0n) is 16.8. The van der Waals surface area contributed by atoms with Crippen LogP contribution in [-0.2, 0) is 14.8 Å². The van der Waals surface area contributed by atoms with Crippen molar-refractivity contribution in [3.8, 4) is 5.75 Å². The van der Waals surface area contributed by atoms with Gasteiger partial charge < -0.3 is 15.0 Å². The summed E-state index contributed by atoms with van der Waals surface area (Å²) in [5, 5.41) is 2.15. The lowest BCUT2D eigenvalue weighted by Crippen LogP contribution is -3.15. The quantitative estimate of drug-likeness (QED) is 0.468. The van der Waals surface area contributed by atoms with Crippen LogP contribution in [0.5, 0.6) is 5.75 Å². The van der Waals surface area contributed by atoms with Gasteiger partial charge in [0.15, 0.2) is 24.0 Å². The molecule has 0 bridgehead atoms. The summed E-state index contributed by atoms with van der Waals surface area (Å²) in [4.78, 5) is 12.6. The summed E-state index contributed by atoms with van der Waals surface area (Å²) in [5.74, 6) is -5.86. The lowest BCUT2D eigenvalue weighted by Gasteiger charge is -2.31. The van der Waals surface area contributed by atoms with Gasteiger partial charge in [0.2, 0.25) is 10.0 Å². The Balaban J connectivity index is 1.55. The molecule has 2 aromatic carbocycles. The zero-order valence-corrected chi connectivity index (χ0v) is 17.6. The number of hydrogen-bond acceptors (Lipinski definition) is 4. The molecular formula is C19H18F6N3O4S+. The molecular weight excluding hydrogens is 480 g/mol. The predicted molar refractivity (Wildman–Crippen MR) is 102 cm³/mol. The van der Waals surface area contributed by atoms with Crippen LogP contribution in [0.25, 0.3) is 0 Å². The highest BCUT2D eigenvalue weighted by Gasteiger charge is 2.33. The van der Waals surface area contributed by atoms with E-state index in [1.165, 1.54) is 0 Å². The Hall–Kier alpha value is -2.84. The molecule has 180 valence electrons. The minimum Gasteiger partial charge on any atom is -0.406 e. The Labute approximate surface area is 184 Å². The molecule has 1 amide bonds. The fourth-order valence-electron chi connectivity index (χ4n) is 3.23. The number of anilines is 1. The van der Waals surface area contributed by atoms with Crippen molar-refractivity contribution in [1.29, 1.82) is 0 Å². The Morgan fingerprint density at radius 3 is 2.18 bits per heavy atom. The second-order valence-corrected chi connectivity index (χ2v) is 9.06. The van der Waals surface area contributed by atoms with E-state index in [-0.39, 0.29) is 37.6 Å². The molecule has 0 spiro atoms. The number of halogens is 6. The van der Waals surface area contributed by atoms with Gasteiger partial charge in [0.05, 0.1) is 36.8 Å². The van der Waals surface area contributed by atoms with Crippen LogP contribution in [0.15, 0.2) is 41.3 Å². The molecule has 0 aromatic heterocycles. The van der Waals surface area contributed by atoms with E-state index in [0.29, 0.717) is 11.0 Å². The van der Waals surface area contributed by atoms with Crippen LogP contribution < -0.4 is 15.0 Å². The summed E-state index contributed by atoms with van der Waals surface area (Å²) >= 11 is 0. The van der Waals surface area contributed by atoms with Crippen LogP contribution in [0.3, 0.4) is 0 Å². The molecule has 1 saturated heterocycles. The van der Waals surface area contributed by atoms with E-state index < -0.39 is 51.2 Å². The van der Waals surface area contributed by atoms with Gasteiger partial charge in [-0.25, -0.2) is 21.6 Å². The molecule has 1 fully saturated rings. The van der Waals surface area contributed by atoms with E-state index in [2.05, 4.69) is 10.1 Å². The molecule has 0 unspecified atom stereocenters. The second kappa shape index (κ2) is 9.57. The third-order valence-corrected chi connectivity index (χ3v) is 6.76. The molecule has 1 heterocycles. The number of carbonyl (C=O) groups excluding carboxylic acids is 1. The topological polar surface area (TPSA) is 80.2 Å². The highest BCUT2D eigenvalue weighted by Crippen LogP contribution is 2.25. The Bertz CT molecular complexity index is 1120. The third kappa shape index (κ3) is 6.15. The van der Waals surface area contributed by atoms with Crippen LogP contribution in [0.4, 0.5) is 32.0 Å². The predicted octanol–water partition coefficient (Wildman–Crippen LogP) is 1.53. The summed E-state index contributed by atoms with van der Waals surface area (Å²) in [5.41, 5.74) is -0.516. The molecule has 33 heavy (non-hydrogen) atoms. The number of amides is 1. The number of rotatable bonds is 6. The number of carbonyl (C=O) groups is 1. The van der Waals surface area contributed by atoms with Gasteiger partial charge in [0.25, 0.3) is 5.91 Å². The zero-order chi connectivity index (χ0) is 24.4. The normalized spacial score (nSPS) is 15.9. The van der Waals surface area contributed by atoms with Crippen molar-refractivity contribution in [2.45, 2.75) is 11.3 Å². The standard InChI is InChI=1S/C19H17F6N3O4S/c20-14-5-6-15(18(22)17(14)21)26-16(29)11-27-7-9-28(10-8-27)33(30,31)13-3-1-12(2-4-13)32-19(23,24)25/h1-6H,7-11H2,(H,26,29)/p+1. The number of piperazine rings is 1. The van der Waals surface area contributed by atoms with E-state index in [1.807, 2.05) is 0 Å². The van der Waals surface area contributed by atoms with E-state index in [4.69, 9.17) is 0 Å². The number of alkyl halides is 3. The van der Waals surface area contributed by atoms with Gasteiger partial charge in [-0.2, -0.15) is 4.31 Å². The van der Waals surface area contributed by atoms with Gasteiger partial charge >= 0.3 is 6.36 Å². The van der Waals surface area contributed by atoms with Crippen LogP contribution >= 0.6 is 0 Å². The Morgan fingerprint density at radius 2 is 1.61 bits per heavy atom. The Morgan fingerprint density at radius 1 is 1.00 bits per heavy atom. The van der Waals surface area contributed by atoms with Crippen molar-refractivity contribution in [3.05, 3.63) is 53.8 Å². The molecule has 14 heteroatoms. The van der Waals surface area contributed by atoms with Crippen LogP contribution in [-0.4, -0.2) is 57.7 Å². The highest BCUT2D eigenvalue weighted by atomic mass is 32.2. The van der Waals surface area contributed by atoms with E-state index >= 15 is 0 Å². The highest BCUT2D eigenvalue weighted by molar-refractivity contribution is 7.89. The Kier molecular flexibility index (Phi) is 7.19. The van der Waals surface area contributed by atoms with Crippen molar-refractivity contribution in [1.82, 2.24) is 4.31 Å². The largest absolute Gasteiger partial charge is 0.573 e. The van der Waals surface area contributed by atoms with Crippen molar-refractivity contribution in [2.24, 2.45) is 0 Å². The SMILES string of the molecule is O=C(C[NH+]1CCN(S(=O)(=O)c2ccc(OC(F)(F)F)cc2)CC1)Nc1ccc(F)c(F)c1F. The molecule has 7 nitrogen and oxygen atoms in total. The maximum atomic E-state index is 13.7. The van der Waals surface area contributed by atoms with Crippen molar-refractivity contribution >= 4 is 21.6 Å². The van der Waals surface area contributed by atoms with Gasteiger partial charge in [-0.05, 0) is 36.4 Å². The van der Waals surface area contributed by atoms with Crippen LogP contribution in [0, 0.1) is 17.5 Å². The van der Waals surface area contributed by atoms with Gasteiger partial charge in [0.1, 0.15) is 5.75 Å². The number of nitrogens with one attached hydrogen (secondary N) is 2. The van der Waals surface area contributed by atoms with Gasteiger partial charge in [-0.1, -0.05) is 0 Å². The molecule has 1 aliphatic heterocycles. The first-order chi connectivity index (χ1) is 15.4. The molecule has 0 aliphatic carbocycles. The van der Waals surface area contributed by atoms with Crippen molar-refractivity contribution in [3.63, 3.8) is 0 Å². The van der Waals surface area contributed by atoms with E-state index in [0.717, 1.165) is 34.6 Å². The molecule has 1 aliphatic rings. The number of quaternary nitrogens is 1. The van der Waals surface area contributed by atoms with Gasteiger partial charge in [0, 0.05) is 0 Å². The molecule has 0 atom stereocenters. The minimum atomic E-state index is -4.90. The molecule has 3 rings (SSSR count). The molecule has 0 radical (unpaired) electrons. The van der Waals surface area contributed by atoms with Gasteiger partial charge in [-0.15, -0.1) is 13.2 Å². The number of nitrogens with zero attached hydrogens (tertiary/aromatic N) is 1. The summed E-state index contributed by atoms with van der Waals surface area (Å²) in [6.45, 7) is 0.288. The van der Waals surface area contributed by atoms with Crippen LogP contribution in [0.2, 0.25) is 0 Å². The van der Waals surface area contributed by atoms with Crippen molar-refractivity contribution in [2.75, 3.05) is 38.0 Å². The maximum absolute atomic E-state index is 13.7. The summed E-state index contributed by atoms with van der Waals surface area (Å²) in [6, 6.07) is 5.34. The van der Waals surface area contributed by atoms with Gasteiger partial charge in [-0.3, -0.25) is 4.79 Å². The molecule has 2 aromatic rings. The lowest BCUT2D eigenvalue weighted by molar-refractivity contribution is -0.895. The fourth-order valence-corrected chi connectivity index (χ4v) is 4.67. The second-order valence-electron chi connectivity index (χ2n) is 7.12. The number of benzene rings is 2. The molecule has 2 N–H and O–H groups in total. The molecule has 0 saturated carbocycles. The smallest absolute Gasteiger partial charge is 0.406 e. The number of sulfonamides is 1. The number of ether oxygens (including phenoxy) is 1. The lowest BCUT2D eigenvalue weighted by atomic mass is 10.2. The first kappa shape index (κ1) is 24.8. The fraction of sp³-hybridized carbons (Fsp3) is 0.316. The maximum Gasteiger partial charge on any atom is 0.573 e. The van der Waals surface area contributed by atoms with Crippen LogP contribution in [0.1, 0.15) is 0 Å². The van der Waals surface area contributed by atoms with E-state index in [1.54, 1.807) is 0 Å². The average Bonchev–Trinajstić information content (AvgIpc) is 2.74. The third-order valence-electron chi connectivity index (χ3n) is 4.84. The minimum absolute atomic E-state index is 0.0191. The van der Waals surface area contributed by atoms with E-state index in [9.17, 15) is 39.6 Å². The first-order valence-electron chi connectivity index (χ1n) is 9.50. The first-order valence-corrected chi connectivity index (χ1v) is 10.9. The summed E-state index contributed by atoms with van der Waals surface area (Å²) in [7, 11) is -3.98. The monoisotopic (exact) mass is 498 g/mol. The average molecular weight is 498 g/mol. The summed E-state index contributed by atoms with van der Waals surface area (Å²) < 4.78 is 107. The number of hydrogen-bond donors (Lipinski definition) is 2. The van der Waals surface area contributed by atoms with Crippen molar-refractivity contribution < 1.29 is 49.2 Å². The summed E-state index contributed by atoms with van der Waals surface area (Å²) in [6.07, 6.45) is -4.90.